The van der Waals surface area contributed by atoms with E-state index in [4.69, 9.17) is 10.5 Å². The van der Waals surface area contributed by atoms with E-state index in [1.807, 2.05) is 0 Å². The molecular formula is C12H12N4O3. The third kappa shape index (κ3) is 2.76. The van der Waals surface area contributed by atoms with Crippen LogP contribution < -0.4 is 11.4 Å². The van der Waals surface area contributed by atoms with Gasteiger partial charge >= 0.3 is 11.7 Å². The largest absolute Gasteiger partial charge is 0.461 e. The number of pyridine rings is 1. The molecule has 0 aliphatic rings. The van der Waals surface area contributed by atoms with E-state index in [1.165, 1.54) is 22.9 Å². The molecule has 19 heavy (non-hydrogen) atoms. The molecule has 0 spiro atoms. The first kappa shape index (κ1) is 12.7. The Morgan fingerprint density at radius 3 is 2.84 bits per heavy atom. The maximum Gasteiger partial charge on any atom is 0.356 e. The van der Waals surface area contributed by atoms with Crippen LogP contribution in [0.15, 0.2) is 35.3 Å². The minimum Gasteiger partial charge on any atom is -0.461 e. The molecule has 2 heterocycles. The highest BCUT2D eigenvalue weighted by molar-refractivity contribution is 5.87. The number of hydrogen-bond acceptors (Lipinski definition) is 6. The first-order valence-electron chi connectivity index (χ1n) is 5.61. The third-order valence-corrected chi connectivity index (χ3v) is 2.29. The quantitative estimate of drug-likeness (QED) is 0.801. The standard InChI is InChI=1S/C12H12N4O3/c1-2-19-11(17)8-4-3-5-10(14-8)16-7-6-9(13)15-12(16)18/h3-7H,2H2,1H3,(H2,13,15,18). The lowest BCUT2D eigenvalue weighted by Crippen LogP contribution is -2.23. The van der Waals surface area contributed by atoms with Crippen molar-refractivity contribution >= 4 is 11.8 Å². The molecule has 0 aliphatic heterocycles. The van der Waals surface area contributed by atoms with Gasteiger partial charge in [0.2, 0.25) is 0 Å². The summed E-state index contributed by atoms with van der Waals surface area (Å²) >= 11 is 0. The summed E-state index contributed by atoms with van der Waals surface area (Å²) in [5.41, 5.74) is 4.97. The van der Waals surface area contributed by atoms with Gasteiger partial charge in [-0.25, -0.2) is 14.6 Å². The number of anilines is 1. The third-order valence-electron chi connectivity index (χ3n) is 2.29. The van der Waals surface area contributed by atoms with Crippen LogP contribution in [0.25, 0.3) is 5.82 Å². The number of aromatic nitrogens is 3. The van der Waals surface area contributed by atoms with Crippen molar-refractivity contribution in [2.75, 3.05) is 12.3 Å². The van der Waals surface area contributed by atoms with Crippen LogP contribution in [0.5, 0.6) is 0 Å². The molecule has 0 aliphatic carbocycles. The van der Waals surface area contributed by atoms with Crippen LogP contribution in [0.1, 0.15) is 17.4 Å². The monoisotopic (exact) mass is 260 g/mol. The molecule has 0 fully saturated rings. The van der Waals surface area contributed by atoms with E-state index in [0.717, 1.165) is 0 Å². The van der Waals surface area contributed by atoms with E-state index < -0.39 is 11.7 Å². The van der Waals surface area contributed by atoms with Crippen molar-refractivity contribution < 1.29 is 9.53 Å². The summed E-state index contributed by atoms with van der Waals surface area (Å²) in [6.45, 7) is 1.96. The Bertz CT molecular complexity index is 666. The van der Waals surface area contributed by atoms with Crippen molar-refractivity contribution in [1.29, 1.82) is 0 Å². The normalized spacial score (nSPS) is 10.2. The number of carbonyl (C=O) groups excluding carboxylic acids is 1. The summed E-state index contributed by atoms with van der Waals surface area (Å²) in [4.78, 5) is 30.9. The zero-order valence-electron chi connectivity index (χ0n) is 10.2. The minimum absolute atomic E-state index is 0.128. The van der Waals surface area contributed by atoms with Crippen LogP contribution in [0.2, 0.25) is 0 Å². The molecule has 98 valence electrons. The maximum absolute atomic E-state index is 11.7. The van der Waals surface area contributed by atoms with E-state index in [2.05, 4.69) is 9.97 Å². The van der Waals surface area contributed by atoms with Gasteiger partial charge in [-0.05, 0) is 25.1 Å². The second-order valence-corrected chi connectivity index (χ2v) is 3.61. The highest BCUT2D eigenvalue weighted by Crippen LogP contribution is 2.05. The molecule has 0 bridgehead atoms. The average Bonchev–Trinajstić information content (AvgIpc) is 2.39. The SMILES string of the molecule is CCOC(=O)c1cccc(-n2ccc(N)nc2=O)n1. The molecule has 7 heteroatoms. The summed E-state index contributed by atoms with van der Waals surface area (Å²) in [5.74, 6) is -0.133. The summed E-state index contributed by atoms with van der Waals surface area (Å²) in [7, 11) is 0. The number of nitrogens with two attached hydrogens (primary N) is 1. The van der Waals surface area contributed by atoms with Gasteiger partial charge in [0.1, 0.15) is 11.6 Å². The fourth-order valence-corrected chi connectivity index (χ4v) is 1.47. The van der Waals surface area contributed by atoms with E-state index >= 15 is 0 Å². The van der Waals surface area contributed by atoms with Gasteiger partial charge in [0.05, 0.1) is 6.61 Å². The summed E-state index contributed by atoms with van der Waals surface area (Å²) in [5, 5.41) is 0. The van der Waals surface area contributed by atoms with Crippen molar-refractivity contribution in [2.45, 2.75) is 6.92 Å². The van der Waals surface area contributed by atoms with Gasteiger partial charge in [0.25, 0.3) is 0 Å². The smallest absolute Gasteiger partial charge is 0.356 e. The minimum atomic E-state index is -0.562. The number of hydrogen-bond donors (Lipinski definition) is 1. The van der Waals surface area contributed by atoms with Crippen molar-refractivity contribution in [1.82, 2.24) is 14.5 Å². The second-order valence-electron chi connectivity index (χ2n) is 3.61. The Balaban J connectivity index is 2.43. The van der Waals surface area contributed by atoms with Crippen molar-refractivity contribution in [3.05, 3.63) is 46.6 Å². The van der Waals surface area contributed by atoms with E-state index in [-0.39, 0.29) is 23.9 Å². The van der Waals surface area contributed by atoms with Gasteiger partial charge in [-0.2, -0.15) is 4.98 Å². The van der Waals surface area contributed by atoms with Crippen LogP contribution >= 0.6 is 0 Å². The molecule has 0 amide bonds. The summed E-state index contributed by atoms with van der Waals surface area (Å²) in [6.07, 6.45) is 1.45. The van der Waals surface area contributed by atoms with Gasteiger partial charge in [-0.15, -0.1) is 0 Å². The molecule has 2 N–H and O–H groups in total. The summed E-state index contributed by atoms with van der Waals surface area (Å²) < 4.78 is 6.04. The van der Waals surface area contributed by atoms with Crippen LogP contribution in [-0.4, -0.2) is 27.1 Å². The number of rotatable bonds is 3. The van der Waals surface area contributed by atoms with Crippen molar-refractivity contribution in [3.8, 4) is 5.82 Å². The van der Waals surface area contributed by atoms with Gasteiger partial charge in [-0.3, -0.25) is 4.57 Å². The van der Waals surface area contributed by atoms with Crippen molar-refractivity contribution in [2.24, 2.45) is 0 Å². The Hall–Kier alpha value is -2.70. The van der Waals surface area contributed by atoms with Gasteiger partial charge < -0.3 is 10.5 Å². The van der Waals surface area contributed by atoms with Crippen LogP contribution in [0.4, 0.5) is 5.82 Å². The van der Waals surface area contributed by atoms with E-state index in [9.17, 15) is 9.59 Å². The van der Waals surface area contributed by atoms with Crippen LogP contribution in [0, 0.1) is 0 Å². The predicted octanol–water partition coefficient (Wildman–Crippen LogP) is 0.386. The Labute approximate surface area is 108 Å². The van der Waals surface area contributed by atoms with Gasteiger partial charge in [-0.1, -0.05) is 6.07 Å². The van der Waals surface area contributed by atoms with Crippen molar-refractivity contribution in [3.63, 3.8) is 0 Å². The highest BCUT2D eigenvalue weighted by Gasteiger charge is 2.10. The highest BCUT2D eigenvalue weighted by atomic mass is 16.5. The average molecular weight is 260 g/mol. The topological polar surface area (TPSA) is 100 Å². The number of carbonyl (C=O) groups is 1. The molecule has 0 saturated carbocycles. The number of ether oxygens (including phenoxy) is 1. The lowest BCUT2D eigenvalue weighted by molar-refractivity contribution is 0.0519. The summed E-state index contributed by atoms with van der Waals surface area (Å²) in [6, 6.07) is 6.18. The Kier molecular flexibility index (Phi) is 3.56. The van der Waals surface area contributed by atoms with E-state index in [0.29, 0.717) is 0 Å². The number of nitrogens with zero attached hydrogens (tertiary/aromatic N) is 3. The molecule has 2 rings (SSSR count). The fourth-order valence-electron chi connectivity index (χ4n) is 1.47. The molecule has 0 radical (unpaired) electrons. The maximum atomic E-state index is 11.7. The molecule has 0 atom stereocenters. The molecule has 0 aromatic carbocycles. The van der Waals surface area contributed by atoms with E-state index in [1.54, 1.807) is 19.1 Å². The number of nitrogen functional groups attached to an aromatic ring is 1. The molecule has 7 nitrogen and oxygen atoms in total. The molecule has 0 unspecified atom stereocenters. The van der Waals surface area contributed by atoms with Gasteiger partial charge in [0, 0.05) is 6.20 Å². The van der Waals surface area contributed by atoms with Crippen LogP contribution in [-0.2, 0) is 4.74 Å². The van der Waals surface area contributed by atoms with Crippen LogP contribution in [0.3, 0.4) is 0 Å². The Morgan fingerprint density at radius 1 is 1.37 bits per heavy atom. The zero-order valence-corrected chi connectivity index (χ0v) is 10.2. The lowest BCUT2D eigenvalue weighted by atomic mass is 10.3. The predicted molar refractivity (Wildman–Crippen MR) is 68.0 cm³/mol. The molecular weight excluding hydrogens is 248 g/mol. The fraction of sp³-hybridized carbons (Fsp3) is 0.167. The number of esters is 1. The Morgan fingerprint density at radius 2 is 2.16 bits per heavy atom. The first-order chi connectivity index (χ1) is 9.11. The molecule has 2 aromatic heterocycles. The second kappa shape index (κ2) is 5.30. The molecule has 2 aromatic rings. The van der Waals surface area contributed by atoms with Gasteiger partial charge in [0.15, 0.2) is 5.69 Å². The lowest BCUT2D eigenvalue weighted by Gasteiger charge is -2.06. The molecule has 0 saturated heterocycles. The zero-order chi connectivity index (χ0) is 13.8. The first-order valence-corrected chi connectivity index (χ1v) is 5.61.